The molecule has 0 N–H and O–H groups in total. The lowest BCUT2D eigenvalue weighted by Crippen LogP contribution is -2.43. The minimum absolute atomic E-state index is 0.280. The third kappa shape index (κ3) is 3.59. The maximum atomic E-state index is 13.6. The molecule has 0 radical (unpaired) electrons. The smallest absolute Gasteiger partial charge is 0.374 e. The molecule has 0 saturated heterocycles. The van der Waals surface area contributed by atoms with Crippen LogP contribution >= 0.6 is 0 Å². The molecule has 2 rings (SSSR count). The Balaban J connectivity index is 2.52. The molecule has 1 unspecified atom stereocenters. The van der Waals surface area contributed by atoms with Crippen molar-refractivity contribution in [2.24, 2.45) is 0 Å². The number of methoxy groups -OCH3 is 1. The van der Waals surface area contributed by atoms with Crippen molar-refractivity contribution >= 4 is 0 Å². The Bertz CT molecular complexity index is 681. The van der Waals surface area contributed by atoms with Gasteiger partial charge in [0.1, 0.15) is 0 Å². The van der Waals surface area contributed by atoms with Crippen molar-refractivity contribution in [1.29, 1.82) is 0 Å². The fraction of sp³-hybridized carbons (Fsp3) is 0.333. The van der Waals surface area contributed by atoms with E-state index in [2.05, 4.69) is 0 Å². The van der Waals surface area contributed by atoms with E-state index in [9.17, 15) is 22.0 Å². The molecule has 0 spiro atoms. The van der Waals surface area contributed by atoms with E-state index in [4.69, 9.17) is 4.74 Å². The van der Waals surface area contributed by atoms with Gasteiger partial charge in [-0.15, -0.1) is 0 Å². The van der Waals surface area contributed by atoms with Gasteiger partial charge in [-0.3, -0.25) is 0 Å². The van der Waals surface area contributed by atoms with Crippen molar-refractivity contribution in [2.75, 3.05) is 7.11 Å². The number of rotatable bonds is 5. The summed E-state index contributed by atoms with van der Waals surface area (Å²) in [6.45, 7) is 1.24. The monoisotopic (exact) mass is 344 g/mol. The van der Waals surface area contributed by atoms with Crippen LogP contribution in [0.3, 0.4) is 0 Å². The number of halogens is 5. The van der Waals surface area contributed by atoms with Crippen molar-refractivity contribution in [1.82, 2.24) is 0 Å². The van der Waals surface area contributed by atoms with Crippen LogP contribution in [-0.2, 0) is 10.3 Å². The normalized spacial score (nSPS) is 15.1. The molecule has 0 heterocycles. The van der Waals surface area contributed by atoms with Crippen LogP contribution in [0.5, 0.6) is 0 Å². The number of ether oxygens (including phenoxy) is 1. The highest BCUT2D eigenvalue weighted by molar-refractivity contribution is 5.68. The minimum atomic E-state index is -5.63. The van der Waals surface area contributed by atoms with Crippen LogP contribution in [0, 0.1) is 0 Å². The Labute approximate surface area is 137 Å². The number of hydrogen-bond donors (Lipinski definition) is 0. The van der Waals surface area contributed by atoms with Gasteiger partial charge in [0.15, 0.2) is 0 Å². The van der Waals surface area contributed by atoms with Crippen molar-refractivity contribution in [2.45, 2.75) is 31.0 Å². The van der Waals surface area contributed by atoms with Crippen LogP contribution in [0.15, 0.2) is 54.6 Å². The Hall–Kier alpha value is -1.95. The zero-order valence-electron chi connectivity index (χ0n) is 13.2. The quantitative estimate of drug-likeness (QED) is 0.623. The van der Waals surface area contributed by atoms with Gasteiger partial charge in [-0.2, -0.15) is 22.0 Å². The maximum Gasteiger partial charge on any atom is 0.453 e. The summed E-state index contributed by atoms with van der Waals surface area (Å²) in [7, 11) is 1.13. The van der Waals surface area contributed by atoms with Crippen molar-refractivity contribution in [3.8, 4) is 11.1 Å². The first kappa shape index (κ1) is 18.4. The molecule has 0 aliphatic rings. The van der Waals surface area contributed by atoms with E-state index >= 15 is 0 Å². The molecular weight excluding hydrogens is 327 g/mol. The predicted molar refractivity (Wildman–Crippen MR) is 81.9 cm³/mol. The minimum Gasteiger partial charge on any atom is -0.374 e. The first-order valence-corrected chi connectivity index (χ1v) is 7.25. The van der Waals surface area contributed by atoms with Gasteiger partial charge in [0, 0.05) is 7.11 Å². The fourth-order valence-electron chi connectivity index (χ4n) is 2.61. The molecule has 2 aromatic carbocycles. The van der Waals surface area contributed by atoms with Gasteiger partial charge >= 0.3 is 12.1 Å². The Morgan fingerprint density at radius 3 is 1.92 bits per heavy atom. The van der Waals surface area contributed by atoms with E-state index < -0.39 is 24.1 Å². The molecule has 0 aromatic heterocycles. The summed E-state index contributed by atoms with van der Waals surface area (Å²) in [4.78, 5) is 0. The molecule has 0 aliphatic carbocycles. The average Bonchev–Trinajstić information content (AvgIpc) is 2.54. The largest absolute Gasteiger partial charge is 0.453 e. The summed E-state index contributed by atoms with van der Waals surface area (Å²) in [5.41, 5.74) is -0.249. The molecule has 1 nitrogen and oxygen atoms in total. The van der Waals surface area contributed by atoms with Crippen molar-refractivity contribution < 1.29 is 26.7 Å². The Morgan fingerprint density at radius 2 is 1.38 bits per heavy atom. The van der Waals surface area contributed by atoms with E-state index in [0.29, 0.717) is 11.1 Å². The second-order valence-electron chi connectivity index (χ2n) is 5.73. The topological polar surface area (TPSA) is 9.23 Å². The highest BCUT2D eigenvalue weighted by atomic mass is 19.4. The predicted octanol–water partition coefficient (Wildman–Crippen LogP) is 5.80. The van der Waals surface area contributed by atoms with Gasteiger partial charge in [0.05, 0.1) is 12.0 Å². The second-order valence-corrected chi connectivity index (χ2v) is 5.73. The summed E-state index contributed by atoms with van der Waals surface area (Å²) in [6, 6.07) is 15.3. The van der Waals surface area contributed by atoms with Crippen LogP contribution in [0.1, 0.15) is 18.9 Å². The van der Waals surface area contributed by atoms with Gasteiger partial charge in [-0.25, -0.2) is 0 Å². The molecular formula is C18H17F5O. The average molecular weight is 344 g/mol. The molecule has 24 heavy (non-hydrogen) atoms. The van der Waals surface area contributed by atoms with Crippen LogP contribution < -0.4 is 0 Å². The standard InChI is InChI=1S/C18H17F5O/c1-16(24-2,12-17(19,20)18(21,22)23)15-11-7-6-10-14(15)13-8-4-3-5-9-13/h3-11H,12H2,1-2H3. The number of alkyl halides is 5. The molecule has 130 valence electrons. The third-order valence-electron chi connectivity index (χ3n) is 4.01. The van der Waals surface area contributed by atoms with Gasteiger partial charge < -0.3 is 4.74 Å². The molecule has 6 heteroatoms. The fourth-order valence-corrected chi connectivity index (χ4v) is 2.61. The summed E-state index contributed by atoms with van der Waals surface area (Å²) >= 11 is 0. The van der Waals surface area contributed by atoms with Crippen LogP contribution in [-0.4, -0.2) is 19.2 Å². The van der Waals surface area contributed by atoms with Gasteiger partial charge in [-0.05, 0) is 23.6 Å². The van der Waals surface area contributed by atoms with Crippen LogP contribution in [0.25, 0.3) is 11.1 Å². The lowest BCUT2D eigenvalue weighted by molar-refractivity contribution is -0.298. The molecule has 0 aliphatic heterocycles. The van der Waals surface area contributed by atoms with Crippen LogP contribution in [0.4, 0.5) is 22.0 Å². The lowest BCUT2D eigenvalue weighted by Gasteiger charge is -2.34. The molecule has 0 amide bonds. The van der Waals surface area contributed by atoms with E-state index in [1.165, 1.54) is 13.0 Å². The highest BCUT2D eigenvalue weighted by Crippen LogP contribution is 2.46. The first-order chi connectivity index (χ1) is 11.1. The van der Waals surface area contributed by atoms with E-state index in [1.807, 2.05) is 0 Å². The molecule has 2 aromatic rings. The van der Waals surface area contributed by atoms with Crippen molar-refractivity contribution in [3.63, 3.8) is 0 Å². The first-order valence-electron chi connectivity index (χ1n) is 7.25. The summed E-state index contributed by atoms with van der Waals surface area (Å²) < 4.78 is 70.3. The lowest BCUT2D eigenvalue weighted by atomic mass is 9.84. The molecule has 0 bridgehead atoms. The number of hydrogen-bond acceptors (Lipinski definition) is 1. The maximum absolute atomic E-state index is 13.6. The highest BCUT2D eigenvalue weighted by Gasteiger charge is 2.60. The van der Waals surface area contributed by atoms with Gasteiger partial charge in [0.2, 0.25) is 0 Å². The van der Waals surface area contributed by atoms with E-state index in [1.54, 1.807) is 48.5 Å². The van der Waals surface area contributed by atoms with Gasteiger partial charge in [0.25, 0.3) is 0 Å². The Morgan fingerprint density at radius 1 is 0.833 bits per heavy atom. The zero-order chi connectivity index (χ0) is 18.0. The van der Waals surface area contributed by atoms with Crippen LogP contribution in [0.2, 0.25) is 0 Å². The molecule has 1 atom stereocenters. The summed E-state index contributed by atoms with van der Waals surface area (Å²) in [6.07, 6.45) is -7.13. The third-order valence-corrected chi connectivity index (χ3v) is 4.01. The molecule has 0 saturated carbocycles. The van der Waals surface area contributed by atoms with Gasteiger partial charge in [-0.1, -0.05) is 54.6 Å². The Kier molecular flexibility index (Phi) is 4.99. The van der Waals surface area contributed by atoms with E-state index in [-0.39, 0.29) is 5.56 Å². The number of benzene rings is 2. The SMILES string of the molecule is COC(C)(CC(F)(F)C(F)(F)F)c1ccccc1-c1ccccc1. The zero-order valence-corrected chi connectivity index (χ0v) is 13.2. The molecule has 0 fully saturated rings. The van der Waals surface area contributed by atoms with E-state index in [0.717, 1.165) is 7.11 Å². The summed E-state index contributed by atoms with van der Waals surface area (Å²) in [5.74, 6) is -4.86. The van der Waals surface area contributed by atoms with Crippen molar-refractivity contribution in [3.05, 3.63) is 60.2 Å². The second kappa shape index (κ2) is 6.51. The summed E-state index contributed by atoms with van der Waals surface area (Å²) in [5, 5.41) is 0.